The first-order valence-corrected chi connectivity index (χ1v) is 21.7. The highest BCUT2D eigenvalue weighted by Crippen LogP contribution is 2.38. The molecule has 2 unspecified atom stereocenters. The van der Waals surface area contributed by atoms with Crippen LogP contribution in [0, 0.1) is 0 Å². The highest BCUT2D eigenvalue weighted by molar-refractivity contribution is 7.45. The first-order chi connectivity index (χ1) is 24.5. The average molecular weight is 742 g/mol. The van der Waals surface area contributed by atoms with Crippen molar-refractivity contribution < 1.29 is 42.1 Å². The lowest BCUT2D eigenvalue weighted by Gasteiger charge is -2.28. The van der Waals surface area contributed by atoms with Crippen LogP contribution in [0.4, 0.5) is 0 Å². The largest absolute Gasteiger partial charge is 0.756 e. The van der Waals surface area contributed by atoms with Crippen molar-refractivity contribution in [3.8, 4) is 0 Å². The smallest absolute Gasteiger partial charge is 0.306 e. The molecule has 0 saturated carbocycles. The summed E-state index contributed by atoms with van der Waals surface area (Å²) in [4.78, 5) is 37.4. The maximum atomic E-state index is 12.6. The van der Waals surface area contributed by atoms with Gasteiger partial charge in [0.2, 0.25) is 0 Å². The average Bonchev–Trinajstić information content (AvgIpc) is 3.07. The fraction of sp³-hybridized carbons (Fsp3) is 0.805. The van der Waals surface area contributed by atoms with Crippen molar-refractivity contribution in [3.05, 3.63) is 36.5 Å². The molecular formula is C41H76NO8P. The number of carbonyl (C=O) groups is 2. The first-order valence-electron chi connectivity index (χ1n) is 20.2. The Balaban J connectivity index is 4.44. The number of rotatable bonds is 36. The Hall–Kier alpha value is -1.77. The van der Waals surface area contributed by atoms with Crippen molar-refractivity contribution >= 4 is 19.8 Å². The molecule has 9 nitrogen and oxygen atoms in total. The Morgan fingerprint density at radius 2 is 1.08 bits per heavy atom. The number of nitrogens with zero attached hydrogens (tertiary/aromatic N) is 1. The van der Waals surface area contributed by atoms with Crippen molar-refractivity contribution in [2.45, 2.75) is 168 Å². The Kier molecular flexibility index (Phi) is 32.8. The number of likely N-dealkylation sites (N-methyl/N-ethyl adjacent to an activating group) is 1. The van der Waals surface area contributed by atoms with Gasteiger partial charge < -0.3 is 27.9 Å². The van der Waals surface area contributed by atoms with Crippen LogP contribution in [0.2, 0.25) is 0 Å². The fourth-order valence-corrected chi connectivity index (χ4v) is 5.86. The number of hydrogen-bond donors (Lipinski definition) is 0. The zero-order valence-electron chi connectivity index (χ0n) is 33.3. The van der Waals surface area contributed by atoms with Crippen LogP contribution in [-0.2, 0) is 32.7 Å². The van der Waals surface area contributed by atoms with E-state index < -0.39 is 32.5 Å². The topological polar surface area (TPSA) is 111 Å². The van der Waals surface area contributed by atoms with Crippen LogP contribution < -0.4 is 4.89 Å². The van der Waals surface area contributed by atoms with Gasteiger partial charge in [0, 0.05) is 12.8 Å². The predicted octanol–water partition coefficient (Wildman–Crippen LogP) is 10.3. The van der Waals surface area contributed by atoms with E-state index in [-0.39, 0.29) is 26.1 Å². The van der Waals surface area contributed by atoms with Gasteiger partial charge in [-0.05, 0) is 64.2 Å². The third-order valence-electron chi connectivity index (χ3n) is 8.38. The van der Waals surface area contributed by atoms with Crippen LogP contribution in [0.25, 0.3) is 0 Å². The SMILES string of the molecule is CCCC/C=C\CCCCCCCC(=O)OCC(COP(=O)([O-])OCC[N+](C)(C)C)OC(=O)CCCCCCC/C=C\C/C=C\CCCCCC. The van der Waals surface area contributed by atoms with Gasteiger partial charge in [-0.2, -0.15) is 0 Å². The highest BCUT2D eigenvalue weighted by Gasteiger charge is 2.21. The van der Waals surface area contributed by atoms with Gasteiger partial charge in [-0.1, -0.05) is 121 Å². The van der Waals surface area contributed by atoms with Gasteiger partial charge >= 0.3 is 11.9 Å². The fourth-order valence-electron chi connectivity index (χ4n) is 5.13. The summed E-state index contributed by atoms with van der Waals surface area (Å²) in [7, 11) is 1.15. The lowest BCUT2D eigenvalue weighted by molar-refractivity contribution is -0.870. The normalized spacial score (nSPS) is 14.1. The van der Waals surface area contributed by atoms with Crippen molar-refractivity contribution in [2.75, 3.05) is 47.5 Å². The second-order valence-electron chi connectivity index (χ2n) is 14.6. The Bertz CT molecular complexity index is 975. The Labute approximate surface area is 312 Å². The van der Waals surface area contributed by atoms with Crippen molar-refractivity contribution in [1.82, 2.24) is 0 Å². The summed E-state index contributed by atoms with van der Waals surface area (Å²) in [5.41, 5.74) is 0. The molecule has 0 bridgehead atoms. The van der Waals surface area contributed by atoms with Gasteiger partial charge in [-0.15, -0.1) is 0 Å². The number of ether oxygens (including phenoxy) is 2. The zero-order valence-corrected chi connectivity index (χ0v) is 34.2. The van der Waals surface area contributed by atoms with Gasteiger partial charge in [-0.25, -0.2) is 0 Å². The number of phosphoric acid groups is 1. The molecule has 0 radical (unpaired) electrons. The molecule has 0 aliphatic rings. The minimum Gasteiger partial charge on any atom is -0.756 e. The van der Waals surface area contributed by atoms with Crippen LogP contribution >= 0.6 is 7.82 Å². The Morgan fingerprint density at radius 3 is 1.63 bits per heavy atom. The van der Waals surface area contributed by atoms with E-state index in [4.69, 9.17) is 18.5 Å². The molecule has 0 spiro atoms. The molecule has 0 N–H and O–H groups in total. The molecule has 0 aliphatic carbocycles. The van der Waals surface area contributed by atoms with Gasteiger partial charge in [0.25, 0.3) is 7.82 Å². The second kappa shape index (κ2) is 34.0. The summed E-state index contributed by atoms with van der Waals surface area (Å²) in [6.45, 7) is 4.13. The molecule has 10 heteroatoms. The summed E-state index contributed by atoms with van der Waals surface area (Å²) in [5.74, 6) is -0.864. The summed E-state index contributed by atoms with van der Waals surface area (Å²) >= 11 is 0. The molecule has 0 aromatic heterocycles. The molecule has 2 atom stereocenters. The van der Waals surface area contributed by atoms with Gasteiger partial charge in [0.1, 0.15) is 19.8 Å². The molecule has 298 valence electrons. The van der Waals surface area contributed by atoms with Crippen molar-refractivity contribution in [3.63, 3.8) is 0 Å². The molecule has 0 rings (SSSR count). The molecule has 0 aromatic carbocycles. The van der Waals surface area contributed by atoms with Crippen LogP contribution in [-0.4, -0.2) is 70.0 Å². The maximum Gasteiger partial charge on any atom is 0.306 e. The number of hydrogen-bond acceptors (Lipinski definition) is 8. The van der Waals surface area contributed by atoms with Crippen LogP contribution in [0.3, 0.4) is 0 Å². The third-order valence-corrected chi connectivity index (χ3v) is 9.35. The monoisotopic (exact) mass is 742 g/mol. The van der Waals surface area contributed by atoms with E-state index in [1.54, 1.807) is 0 Å². The molecule has 0 saturated heterocycles. The van der Waals surface area contributed by atoms with Crippen LogP contribution in [0.1, 0.15) is 162 Å². The molecule has 0 aromatic rings. The number of phosphoric ester groups is 1. The van der Waals surface area contributed by atoms with Crippen molar-refractivity contribution in [1.29, 1.82) is 0 Å². The lowest BCUT2D eigenvalue weighted by atomic mass is 10.1. The van der Waals surface area contributed by atoms with E-state index in [1.165, 1.54) is 44.9 Å². The molecule has 0 aliphatic heterocycles. The number of quaternary nitrogens is 1. The van der Waals surface area contributed by atoms with E-state index in [9.17, 15) is 19.0 Å². The van der Waals surface area contributed by atoms with Crippen molar-refractivity contribution in [2.24, 2.45) is 0 Å². The number of unbranched alkanes of at least 4 members (excludes halogenated alkanes) is 16. The van der Waals surface area contributed by atoms with E-state index in [0.29, 0.717) is 17.4 Å². The molecular weight excluding hydrogens is 665 g/mol. The summed E-state index contributed by atoms with van der Waals surface area (Å²) in [6, 6.07) is 0. The molecule has 0 fully saturated rings. The maximum absolute atomic E-state index is 12.6. The van der Waals surface area contributed by atoms with Gasteiger partial charge in [-0.3, -0.25) is 14.2 Å². The van der Waals surface area contributed by atoms with E-state index in [1.807, 2.05) is 21.1 Å². The third kappa shape index (κ3) is 37.8. The molecule has 0 heterocycles. The van der Waals surface area contributed by atoms with E-state index in [0.717, 1.165) is 83.5 Å². The number of esters is 2. The van der Waals surface area contributed by atoms with Crippen LogP contribution in [0.15, 0.2) is 36.5 Å². The minimum atomic E-state index is -4.62. The number of carbonyl (C=O) groups excluding carboxylic acids is 2. The quantitative estimate of drug-likeness (QED) is 0.0205. The zero-order chi connectivity index (χ0) is 37.9. The standard InChI is InChI=1S/C41H76NO8P/c1-6-8-10-12-14-16-18-19-20-21-22-24-26-28-30-32-34-41(44)50-39(38-49-51(45,46)48-36-35-42(3,4)5)37-47-40(43)33-31-29-27-25-23-17-15-13-11-9-7-2/h13,15-16,18,20-21,39H,6-12,14,17,19,22-38H2,1-5H3/b15-13-,18-16-,21-20-. The van der Waals surface area contributed by atoms with Gasteiger partial charge in [0.05, 0.1) is 27.7 Å². The highest BCUT2D eigenvalue weighted by atomic mass is 31.2. The van der Waals surface area contributed by atoms with E-state index >= 15 is 0 Å². The summed E-state index contributed by atoms with van der Waals surface area (Å²) in [6.07, 6.45) is 36.0. The lowest BCUT2D eigenvalue weighted by Crippen LogP contribution is -2.37. The Morgan fingerprint density at radius 1 is 0.608 bits per heavy atom. The summed E-state index contributed by atoms with van der Waals surface area (Å²) < 4.78 is 33.8. The number of allylic oxidation sites excluding steroid dienone is 6. The van der Waals surface area contributed by atoms with Gasteiger partial charge in [0.15, 0.2) is 6.10 Å². The van der Waals surface area contributed by atoms with E-state index in [2.05, 4.69) is 50.3 Å². The first kappa shape index (κ1) is 49.2. The second-order valence-corrected chi connectivity index (χ2v) is 16.1. The van der Waals surface area contributed by atoms with Crippen LogP contribution in [0.5, 0.6) is 0 Å². The predicted molar refractivity (Wildman–Crippen MR) is 208 cm³/mol. The minimum absolute atomic E-state index is 0.0355. The molecule has 51 heavy (non-hydrogen) atoms. The molecule has 0 amide bonds. The summed E-state index contributed by atoms with van der Waals surface area (Å²) in [5, 5.41) is 0.